The highest BCUT2D eigenvalue weighted by Crippen LogP contribution is 2.26. The standard InChI is InChI=1S/C14H12ClNO3/c15-12-5-2-6-13(17)11(12)8-16-10-4-1-3-9(7-10)14(18)19/h1-7,16-17H,8H2,(H,18,19). The maximum Gasteiger partial charge on any atom is 0.335 e. The van der Waals surface area contributed by atoms with Crippen LogP contribution in [0.5, 0.6) is 5.75 Å². The molecule has 2 rings (SSSR count). The second-order valence-electron chi connectivity index (χ2n) is 3.98. The first kappa shape index (κ1) is 13.2. The summed E-state index contributed by atoms with van der Waals surface area (Å²) in [6.07, 6.45) is 0. The van der Waals surface area contributed by atoms with E-state index in [0.717, 1.165) is 0 Å². The lowest BCUT2D eigenvalue weighted by Crippen LogP contribution is -2.02. The van der Waals surface area contributed by atoms with E-state index in [4.69, 9.17) is 16.7 Å². The highest BCUT2D eigenvalue weighted by Gasteiger charge is 2.07. The number of benzene rings is 2. The van der Waals surface area contributed by atoms with Gasteiger partial charge in [0.2, 0.25) is 0 Å². The molecule has 0 aliphatic rings. The summed E-state index contributed by atoms with van der Waals surface area (Å²) in [6.45, 7) is 0.314. The summed E-state index contributed by atoms with van der Waals surface area (Å²) >= 11 is 5.98. The molecule has 0 saturated carbocycles. The number of anilines is 1. The van der Waals surface area contributed by atoms with E-state index >= 15 is 0 Å². The minimum absolute atomic E-state index is 0.106. The second kappa shape index (κ2) is 5.63. The van der Waals surface area contributed by atoms with Crippen molar-refractivity contribution in [1.29, 1.82) is 0 Å². The minimum atomic E-state index is -0.982. The molecule has 98 valence electrons. The molecule has 0 heterocycles. The average Bonchev–Trinajstić information content (AvgIpc) is 2.38. The number of aromatic carboxylic acids is 1. The van der Waals surface area contributed by atoms with Crippen LogP contribution in [0.4, 0.5) is 5.69 Å². The lowest BCUT2D eigenvalue weighted by atomic mass is 10.1. The van der Waals surface area contributed by atoms with Gasteiger partial charge >= 0.3 is 5.97 Å². The number of nitrogens with one attached hydrogen (secondary N) is 1. The Hall–Kier alpha value is -2.20. The Bertz CT molecular complexity index is 593. The molecule has 0 unspecified atom stereocenters. The molecule has 4 nitrogen and oxygen atoms in total. The van der Waals surface area contributed by atoms with Crippen molar-refractivity contribution < 1.29 is 15.0 Å². The highest BCUT2D eigenvalue weighted by molar-refractivity contribution is 6.31. The molecule has 19 heavy (non-hydrogen) atoms. The van der Waals surface area contributed by atoms with Crippen LogP contribution in [-0.2, 0) is 6.54 Å². The topological polar surface area (TPSA) is 69.6 Å². The van der Waals surface area contributed by atoms with E-state index in [0.29, 0.717) is 22.8 Å². The van der Waals surface area contributed by atoms with E-state index in [2.05, 4.69) is 5.32 Å². The molecule has 0 saturated heterocycles. The number of hydrogen-bond donors (Lipinski definition) is 3. The van der Waals surface area contributed by atoms with Gasteiger partial charge in [-0.1, -0.05) is 23.7 Å². The maximum absolute atomic E-state index is 10.8. The van der Waals surface area contributed by atoms with Crippen LogP contribution in [0.25, 0.3) is 0 Å². The van der Waals surface area contributed by atoms with Crippen LogP contribution in [0.3, 0.4) is 0 Å². The normalized spacial score (nSPS) is 10.2. The van der Waals surface area contributed by atoms with Crippen molar-refractivity contribution in [2.75, 3.05) is 5.32 Å². The third kappa shape index (κ3) is 3.17. The summed E-state index contributed by atoms with van der Waals surface area (Å²) in [5.41, 5.74) is 1.43. The van der Waals surface area contributed by atoms with Crippen molar-refractivity contribution in [2.45, 2.75) is 6.54 Å². The van der Waals surface area contributed by atoms with E-state index in [-0.39, 0.29) is 11.3 Å². The van der Waals surface area contributed by atoms with Gasteiger partial charge in [0, 0.05) is 22.8 Å². The second-order valence-corrected chi connectivity index (χ2v) is 4.38. The van der Waals surface area contributed by atoms with E-state index < -0.39 is 5.97 Å². The average molecular weight is 278 g/mol. The van der Waals surface area contributed by atoms with Crippen molar-refractivity contribution in [3.8, 4) is 5.75 Å². The number of aromatic hydroxyl groups is 1. The van der Waals surface area contributed by atoms with Gasteiger partial charge in [-0.2, -0.15) is 0 Å². The molecule has 2 aromatic carbocycles. The summed E-state index contributed by atoms with van der Waals surface area (Å²) < 4.78 is 0. The Morgan fingerprint density at radius 1 is 1.21 bits per heavy atom. The molecule has 0 aliphatic heterocycles. The van der Waals surface area contributed by atoms with Gasteiger partial charge in [-0.3, -0.25) is 0 Å². The van der Waals surface area contributed by atoms with Gasteiger partial charge < -0.3 is 15.5 Å². The van der Waals surface area contributed by atoms with Gasteiger partial charge in [-0.05, 0) is 30.3 Å². The molecule has 0 radical (unpaired) electrons. The Labute approximate surface area is 115 Å². The minimum Gasteiger partial charge on any atom is -0.508 e. The first-order chi connectivity index (χ1) is 9.08. The largest absolute Gasteiger partial charge is 0.508 e. The Balaban J connectivity index is 2.15. The predicted octanol–water partition coefficient (Wildman–Crippen LogP) is 3.36. The molecule has 0 aromatic heterocycles. The van der Waals surface area contributed by atoms with E-state index in [1.807, 2.05) is 0 Å². The van der Waals surface area contributed by atoms with E-state index in [1.165, 1.54) is 12.1 Å². The number of rotatable bonds is 4. The van der Waals surface area contributed by atoms with Crippen molar-refractivity contribution >= 4 is 23.3 Å². The lowest BCUT2D eigenvalue weighted by Gasteiger charge is -2.10. The number of carboxylic acid groups (broad SMARTS) is 1. The zero-order chi connectivity index (χ0) is 13.8. The van der Waals surface area contributed by atoms with Crippen molar-refractivity contribution in [1.82, 2.24) is 0 Å². The van der Waals surface area contributed by atoms with Crippen LogP contribution in [0, 0.1) is 0 Å². The van der Waals surface area contributed by atoms with Crippen LogP contribution in [-0.4, -0.2) is 16.2 Å². The number of carbonyl (C=O) groups is 1. The Kier molecular flexibility index (Phi) is 3.92. The highest BCUT2D eigenvalue weighted by atomic mass is 35.5. The zero-order valence-electron chi connectivity index (χ0n) is 9.93. The monoisotopic (exact) mass is 277 g/mol. The molecule has 0 bridgehead atoms. The molecule has 5 heteroatoms. The van der Waals surface area contributed by atoms with Gasteiger partial charge in [0.15, 0.2) is 0 Å². The van der Waals surface area contributed by atoms with Crippen LogP contribution < -0.4 is 5.32 Å². The zero-order valence-corrected chi connectivity index (χ0v) is 10.7. The van der Waals surface area contributed by atoms with E-state index in [1.54, 1.807) is 30.3 Å². The number of phenols is 1. The van der Waals surface area contributed by atoms with Crippen molar-refractivity contribution in [3.05, 3.63) is 58.6 Å². The third-order valence-corrected chi connectivity index (χ3v) is 3.03. The third-order valence-electron chi connectivity index (χ3n) is 2.67. The summed E-state index contributed by atoms with van der Waals surface area (Å²) in [5.74, 6) is -0.876. The maximum atomic E-state index is 10.8. The van der Waals surface area contributed by atoms with Crippen LogP contribution >= 0.6 is 11.6 Å². The lowest BCUT2D eigenvalue weighted by molar-refractivity contribution is 0.0697. The van der Waals surface area contributed by atoms with Crippen LogP contribution in [0.2, 0.25) is 5.02 Å². The Morgan fingerprint density at radius 2 is 1.95 bits per heavy atom. The fourth-order valence-corrected chi connectivity index (χ4v) is 1.91. The molecule has 0 aliphatic carbocycles. The van der Waals surface area contributed by atoms with Gasteiger partial charge in [0.1, 0.15) is 5.75 Å². The number of phenolic OH excluding ortho intramolecular Hbond substituents is 1. The Morgan fingerprint density at radius 3 is 2.63 bits per heavy atom. The van der Waals surface area contributed by atoms with Crippen LogP contribution in [0.1, 0.15) is 15.9 Å². The van der Waals surface area contributed by atoms with Gasteiger partial charge in [0.05, 0.1) is 5.56 Å². The number of carboxylic acids is 1. The SMILES string of the molecule is O=C(O)c1cccc(NCc2c(O)cccc2Cl)c1. The molecule has 0 fully saturated rings. The molecule has 3 N–H and O–H groups in total. The van der Waals surface area contributed by atoms with Crippen LogP contribution in [0.15, 0.2) is 42.5 Å². The van der Waals surface area contributed by atoms with Gasteiger partial charge in [-0.15, -0.1) is 0 Å². The number of halogens is 1. The summed E-state index contributed by atoms with van der Waals surface area (Å²) in [7, 11) is 0. The fourth-order valence-electron chi connectivity index (χ4n) is 1.67. The molecular formula is C14H12ClNO3. The summed E-state index contributed by atoms with van der Waals surface area (Å²) in [4.78, 5) is 10.8. The number of hydrogen-bond acceptors (Lipinski definition) is 3. The first-order valence-corrected chi connectivity index (χ1v) is 5.99. The predicted molar refractivity (Wildman–Crippen MR) is 73.8 cm³/mol. The smallest absolute Gasteiger partial charge is 0.335 e. The first-order valence-electron chi connectivity index (χ1n) is 5.61. The van der Waals surface area contributed by atoms with Crippen molar-refractivity contribution in [2.24, 2.45) is 0 Å². The summed E-state index contributed by atoms with van der Waals surface area (Å²) in [6, 6.07) is 11.3. The molecule has 0 spiro atoms. The van der Waals surface area contributed by atoms with Gasteiger partial charge in [-0.25, -0.2) is 4.79 Å². The molecule has 0 atom stereocenters. The van der Waals surface area contributed by atoms with Crippen molar-refractivity contribution in [3.63, 3.8) is 0 Å². The molecule has 0 amide bonds. The summed E-state index contributed by atoms with van der Waals surface area (Å²) in [5, 5.41) is 22.1. The quantitative estimate of drug-likeness (QED) is 0.801. The molecule has 2 aromatic rings. The fraction of sp³-hybridized carbons (Fsp3) is 0.0714. The van der Waals surface area contributed by atoms with E-state index in [9.17, 15) is 9.90 Å². The molecular weight excluding hydrogens is 266 g/mol. The van der Waals surface area contributed by atoms with Gasteiger partial charge in [0.25, 0.3) is 0 Å².